The van der Waals surface area contributed by atoms with Gasteiger partial charge in [-0.1, -0.05) is 0 Å². The molecule has 0 aliphatic rings. The van der Waals surface area contributed by atoms with Gasteiger partial charge in [-0.15, -0.1) is 0 Å². The molecule has 0 fully saturated rings. The van der Waals surface area contributed by atoms with Crippen molar-refractivity contribution in [3.63, 3.8) is 0 Å². The van der Waals surface area contributed by atoms with Crippen LogP contribution in [0.25, 0.3) is 11.3 Å². The number of ether oxygens (including phenoxy) is 3. The number of nitrogens with zero attached hydrogens (tertiary/aromatic N) is 2. The van der Waals surface area contributed by atoms with Crippen molar-refractivity contribution in [1.82, 2.24) is 9.78 Å². The van der Waals surface area contributed by atoms with Crippen LogP contribution in [0.2, 0.25) is 0 Å². The molecule has 1 aromatic heterocycles. The van der Waals surface area contributed by atoms with E-state index in [2.05, 4.69) is 10.4 Å². The Labute approximate surface area is 186 Å². The molecule has 3 rings (SSSR count). The average Bonchev–Trinajstić information content (AvgIpc) is 2.81. The fraction of sp³-hybridized carbons (Fsp3) is 0.292. The van der Waals surface area contributed by atoms with Crippen molar-refractivity contribution in [3.05, 3.63) is 65.0 Å². The predicted molar refractivity (Wildman–Crippen MR) is 123 cm³/mol. The monoisotopic (exact) mass is 437 g/mol. The molecule has 3 aromatic rings. The highest BCUT2D eigenvalue weighted by Gasteiger charge is 2.10. The van der Waals surface area contributed by atoms with E-state index < -0.39 is 0 Å². The lowest BCUT2D eigenvalue weighted by Gasteiger charge is -2.11. The van der Waals surface area contributed by atoms with E-state index in [0.717, 1.165) is 11.3 Å². The zero-order valence-electron chi connectivity index (χ0n) is 18.5. The standard InChI is InChI=1S/C24H27N3O5/c1-4-32-19-10-8-18(9-11-19)25-23(28)6-5-15-27-24(29)14-12-20(26-27)17-7-13-21(30-2)22(16-17)31-3/h7-14,16H,4-6,15H2,1-3H3,(H,25,28). The second kappa shape index (κ2) is 11.0. The molecule has 8 heteroatoms. The summed E-state index contributed by atoms with van der Waals surface area (Å²) in [5.41, 5.74) is 1.90. The van der Waals surface area contributed by atoms with Crippen LogP contribution in [0.5, 0.6) is 17.2 Å². The van der Waals surface area contributed by atoms with E-state index in [0.29, 0.717) is 42.5 Å². The molecule has 0 bridgehead atoms. The third kappa shape index (κ3) is 5.87. The maximum Gasteiger partial charge on any atom is 0.266 e. The van der Waals surface area contributed by atoms with Crippen molar-refractivity contribution in [2.45, 2.75) is 26.3 Å². The minimum atomic E-state index is -0.221. The quantitative estimate of drug-likeness (QED) is 0.519. The van der Waals surface area contributed by atoms with Crippen molar-refractivity contribution < 1.29 is 19.0 Å². The molecule has 0 aliphatic heterocycles. The Bertz CT molecular complexity index is 1110. The van der Waals surface area contributed by atoms with Gasteiger partial charge in [-0.05, 0) is 61.9 Å². The van der Waals surface area contributed by atoms with Gasteiger partial charge in [0.1, 0.15) is 5.75 Å². The molecule has 1 heterocycles. The number of hydrogen-bond acceptors (Lipinski definition) is 6. The number of anilines is 1. The summed E-state index contributed by atoms with van der Waals surface area (Å²) in [5.74, 6) is 1.82. The van der Waals surface area contributed by atoms with Gasteiger partial charge >= 0.3 is 0 Å². The first kappa shape index (κ1) is 22.9. The number of rotatable bonds is 10. The van der Waals surface area contributed by atoms with Crippen LogP contribution in [0.15, 0.2) is 59.4 Å². The third-order valence-corrected chi connectivity index (χ3v) is 4.77. The van der Waals surface area contributed by atoms with Crippen LogP contribution in [0, 0.1) is 0 Å². The minimum Gasteiger partial charge on any atom is -0.494 e. The topological polar surface area (TPSA) is 91.7 Å². The molecule has 0 spiro atoms. The Morgan fingerprint density at radius 2 is 1.75 bits per heavy atom. The van der Waals surface area contributed by atoms with Gasteiger partial charge in [0.15, 0.2) is 11.5 Å². The number of benzene rings is 2. The third-order valence-electron chi connectivity index (χ3n) is 4.77. The first-order valence-electron chi connectivity index (χ1n) is 10.4. The molecule has 0 saturated carbocycles. The van der Waals surface area contributed by atoms with E-state index in [1.807, 2.05) is 25.1 Å². The molecule has 0 unspecified atom stereocenters. The normalized spacial score (nSPS) is 10.5. The lowest BCUT2D eigenvalue weighted by molar-refractivity contribution is -0.116. The number of aromatic nitrogens is 2. The van der Waals surface area contributed by atoms with Crippen LogP contribution in [0.3, 0.4) is 0 Å². The Kier molecular flexibility index (Phi) is 7.85. The highest BCUT2D eigenvalue weighted by Crippen LogP contribution is 2.31. The van der Waals surface area contributed by atoms with Gasteiger partial charge in [0.25, 0.3) is 5.56 Å². The van der Waals surface area contributed by atoms with Crippen LogP contribution in [-0.2, 0) is 11.3 Å². The molecule has 168 valence electrons. The molecule has 8 nitrogen and oxygen atoms in total. The van der Waals surface area contributed by atoms with E-state index in [4.69, 9.17) is 14.2 Å². The zero-order valence-corrected chi connectivity index (χ0v) is 18.5. The first-order chi connectivity index (χ1) is 15.5. The molecular weight excluding hydrogens is 410 g/mol. The van der Waals surface area contributed by atoms with Gasteiger partial charge in [0, 0.05) is 30.3 Å². The molecule has 2 aromatic carbocycles. The number of nitrogens with one attached hydrogen (secondary N) is 1. The second-order valence-corrected chi connectivity index (χ2v) is 6.96. The van der Waals surface area contributed by atoms with Crippen molar-refractivity contribution in [2.75, 3.05) is 26.1 Å². The fourth-order valence-electron chi connectivity index (χ4n) is 3.17. The number of carbonyl (C=O) groups is 1. The molecule has 0 radical (unpaired) electrons. The second-order valence-electron chi connectivity index (χ2n) is 6.96. The number of carbonyl (C=O) groups excluding carboxylic acids is 1. The summed E-state index contributed by atoms with van der Waals surface area (Å²) in [6.07, 6.45) is 0.743. The lowest BCUT2D eigenvalue weighted by atomic mass is 10.1. The number of hydrogen-bond donors (Lipinski definition) is 1. The molecule has 1 amide bonds. The molecular formula is C24H27N3O5. The molecule has 1 N–H and O–H groups in total. The molecule has 0 atom stereocenters. The van der Waals surface area contributed by atoms with Gasteiger partial charge in [0.05, 0.1) is 26.5 Å². The van der Waals surface area contributed by atoms with Crippen LogP contribution in [-0.4, -0.2) is 36.5 Å². The summed E-state index contributed by atoms with van der Waals surface area (Å²) >= 11 is 0. The van der Waals surface area contributed by atoms with E-state index in [1.165, 1.54) is 10.7 Å². The molecule has 32 heavy (non-hydrogen) atoms. The van der Waals surface area contributed by atoms with Crippen LogP contribution >= 0.6 is 0 Å². The summed E-state index contributed by atoms with van der Waals surface area (Å²) in [6, 6.07) is 15.8. The Morgan fingerprint density at radius 3 is 2.44 bits per heavy atom. The lowest BCUT2D eigenvalue weighted by Crippen LogP contribution is -2.23. The Balaban J connectivity index is 1.60. The van der Waals surface area contributed by atoms with Gasteiger partial charge in [-0.25, -0.2) is 4.68 Å². The summed E-state index contributed by atoms with van der Waals surface area (Å²) in [4.78, 5) is 24.5. The van der Waals surface area contributed by atoms with E-state index in [1.54, 1.807) is 44.6 Å². The van der Waals surface area contributed by atoms with E-state index >= 15 is 0 Å². The van der Waals surface area contributed by atoms with Crippen molar-refractivity contribution in [1.29, 1.82) is 0 Å². The summed E-state index contributed by atoms with van der Waals surface area (Å²) in [7, 11) is 3.14. The Morgan fingerprint density at radius 1 is 1.00 bits per heavy atom. The number of methoxy groups -OCH3 is 2. The highest BCUT2D eigenvalue weighted by molar-refractivity contribution is 5.90. The maximum atomic E-state index is 12.2. The zero-order chi connectivity index (χ0) is 22.9. The van der Waals surface area contributed by atoms with Gasteiger partial charge in [0.2, 0.25) is 5.91 Å². The van der Waals surface area contributed by atoms with Crippen LogP contribution < -0.4 is 25.1 Å². The van der Waals surface area contributed by atoms with E-state index in [9.17, 15) is 9.59 Å². The largest absolute Gasteiger partial charge is 0.494 e. The molecule has 0 aliphatic carbocycles. The van der Waals surface area contributed by atoms with Crippen molar-refractivity contribution >= 4 is 11.6 Å². The average molecular weight is 437 g/mol. The minimum absolute atomic E-state index is 0.127. The Hall–Kier alpha value is -3.81. The highest BCUT2D eigenvalue weighted by atomic mass is 16.5. The summed E-state index contributed by atoms with van der Waals surface area (Å²) < 4.78 is 17.4. The SMILES string of the molecule is CCOc1ccc(NC(=O)CCCn2nc(-c3ccc(OC)c(OC)c3)ccc2=O)cc1. The maximum absolute atomic E-state index is 12.2. The molecule has 0 saturated heterocycles. The number of amides is 1. The number of aryl methyl sites for hydroxylation is 1. The van der Waals surface area contributed by atoms with Gasteiger partial charge < -0.3 is 19.5 Å². The fourth-order valence-corrected chi connectivity index (χ4v) is 3.17. The van der Waals surface area contributed by atoms with Crippen LogP contribution in [0.1, 0.15) is 19.8 Å². The summed E-state index contributed by atoms with van der Waals surface area (Å²) in [6.45, 7) is 2.84. The van der Waals surface area contributed by atoms with Crippen molar-refractivity contribution in [3.8, 4) is 28.5 Å². The van der Waals surface area contributed by atoms with Crippen molar-refractivity contribution in [2.24, 2.45) is 0 Å². The van der Waals surface area contributed by atoms with Gasteiger partial charge in [-0.3, -0.25) is 9.59 Å². The first-order valence-corrected chi connectivity index (χ1v) is 10.4. The predicted octanol–water partition coefficient (Wildman–Crippen LogP) is 3.75. The smallest absolute Gasteiger partial charge is 0.266 e. The van der Waals surface area contributed by atoms with Gasteiger partial charge in [-0.2, -0.15) is 5.10 Å². The van der Waals surface area contributed by atoms with Crippen LogP contribution in [0.4, 0.5) is 5.69 Å². The summed E-state index contributed by atoms with van der Waals surface area (Å²) in [5, 5.41) is 7.29. The van der Waals surface area contributed by atoms with E-state index in [-0.39, 0.29) is 17.9 Å².